The summed E-state index contributed by atoms with van der Waals surface area (Å²) in [5, 5.41) is 22.9. The van der Waals surface area contributed by atoms with Crippen molar-refractivity contribution in [2.75, 3.05) is 13.2 Å². The Hall–Kier alpha value is -1.82. The van der Waals surface area contributed by atoms with E-state index in [1.54, 1.807) is 0 Å². The van der Waals surface area contributed by atoms with E-state index in [1.807, 2.05) is 0 Å². The second kappa shape index (κ2) is 6.56. The van der Waals surface area contributed by atoms with Crippen molar-refractivity contribution < 1.29 is 19.3 Å². The van der Waals surface area contributed by atoms with Gasteiger partial charge in [-0.2, -0.15) is 0 Å². The Bertz CT molecular complexity index is 516. The fourth-order valence-electron chi connectivity index (χ4n) is 1.80. The van der Waals surface area contributed by atoms with Crippen LogP contribution in [0, 0.1) is 11.7 Å². The molecule has 1 saturated carbocycles. The lowest BCUT2D eigenvalue weighted by molar-refractivity contribution is 0.0224. The predicted molar refractivity (Wildman–Crippen MR) is 69.6 cm³/mol. The molecule has 1 fully saturated rings. The number of aliphatic hydroxyl groups excluding tert-OH is 2. The van der Waals surface area contributed by atoms with E-state index in [9.17, 15) is 14.6 Å². The molecule has 0 saturated heterocycles. The molecule has 1 aromatic rings. The summed E-state index contributed by atoms with van der Waals surface area (Å²) in [6, 6.07) is 3.78. The first-order chi connectivity index (χ1) is 9.61. The Labute approximate surface area is 115 Å². The van der Waals surface area contributed by atoms with Gasteiger partial charge in [0.05, 0.1) is 19.3 Å². The maximum absolute atomic E-state index is 13.3. The van der Waals surface area contributed by atoms with Crippen LogP contribution in [0.2, 0.25) is 0 Å². The van der Waals surface area contributed by atoms with Crippen LogP contribution in [0.3, 0.4) is 0 Å². The predicted octanol–water partition coefficient (Wildman–Crippen LogP) is 2.32. The Kier molecular flexibility index (Phi) is 4.79. The van der Waals surface area contributed by atoms with Crippen LogP contribution in [0.5, 0.6) is 5.75 Å². The van der Waals surface area contributed by atoms with Gasteiger partial charge in [-0.1, -0.05) is 5.11 Å². The van der Waals surface area contributed by atoms with Gasteiger partial charge < -0.3 is 14.9 Å². The van der Waals surface area contributed by atoms with Gasteiger partial charge in [-0.3, -0.25) is 0 Å². The molecule has 1 aliphatic rings. The zero-order chi connectivity index (χ0) is 14.5. The first-order valence-electron chi connectivity index (χ1n) is 6.41. The van der Waals surface area contributed by atoms with E-state index in [1.165, 1.54) is 12.1 Å². The molecule has 0 heterocycles. The average molecular weight is 281 g/mol. The van der Waals surface area contributed by atoms with Crippen LogP contribution in [0.1, 0.15) is 24.5 Å². The third-order valence-electron chi connectivity index (χ3n) is 3.16. The van der Waals surface area contributed by atoms with Crippen LogP contribution in [0.4, 0.5) is 4.39 Å². The minimum atomic E-state index is -1.37. The number of nitrogens with zero attached hydrogens (tertiary/aromatic N) is 3. The molecule has 0 aliphatic heterocycles. The largest absolute Gasteiger partial charge is 0.493 e. The van der Waals surface area contributed by atoms with Crippen LogP contribution >= 0.6 is 0 Å². The van der Waals surface area contributed by atoms with E-state index in [0.29, 0.717) is 18.3 Å². The zero-order valence-corrected chi connectivity index (χ0v) is 10.8. The molecule has 20 heavy (non-hydrogen) atoms. The molecule has 0 bridgehead atoms. The lowest BCUT2D eigenvalue weighted by Crippen LogP contribution is -2.22. The van der Waals surface area contributed by atoms with Crippen molar-refractivity contribution >= 4 is 0 Å². The molecule has 2 unspecified atom stereocenters. The van der Waals surface area contributed by atoms with Gasteiger partial charge in [0.15, 0.2) is 0 Å². The molecule has 2 rings (SSSR count). The summed E-state index contributed by atoms with van der Waals surface area (Å²) < 4.78 is 18.9. The van der Waals surface area contributed by atoms with Gasteiger partial charge in [0.2, 0.25) is 0 Å². The molecular weight excluding hydrogens is 265 g/mol. The Morgan fingerprint density at radius 3 is 2.85 bits per heavy atom. The third kappa shape index (κ3) is 3.84. The first kappa shape index (κ1) is 14.6. The van der Waals surface area contributed by atoms with E-state index in [4.69, 9.17) is 10.3 Å². The Morgan fingerprint density at radius 1 is 1.45 bits per heavy atom. The molecule has 108 valence electrons. The van der Waals surface area contributed by atoms with E-state index in [-0.39, 0.29) is 12.1 Å². The van der Waals surface area contributed by atoms with Crippen LogP contribution < -0.4 is 4.74 Å². The standard InChI is InChI=1S/C13H16FN3O3/c14-9-3-4-12(20-7-8-1-2-8)10(5-9)13(19)11(18)6-16-17-15/h3-5,8,11,13,18-19H,1-2,6-7H2. The number of azide groups is 1. The minimum Gasteiger partial charge on any atom is -0.493 e. The topological polar surface area (TPSA) is 98.5 Å². The van der Waals surface area contributed by atoms with Crippen molar-refractivity contribution in [2.45, 2.75) is 25.0 Å². The normalized spacial score (nSPS) is 17.1. The van der Waals surface area contributed by atoms with Crippen molar-refractivity contribution in [1.82, 2.24) is 0 Å². The zero-order valence-electron chi connectivity index (χ0n) is 10.8. The molecule has 7 heteroatoms. The van der Waals surface area contributed by atoms with Crippen LogP contribution in [0.15, 0.2) is 23.3 Å². The number of halogens is 1. The maximum atomic E-state index is 13.3. The van der Waals surface area contributed by atoms with Gasteiger partial charge in [-0.05, 0) is 42.5 Å². The number of hydrogen-bond donors (Lipinski definition) is 2. The highest BCUT2D eigenvalue weighted by Gasteiger charge is 2.25. The summed E-state index contributed by atoms with van der Waals surface area (Å²) in [6.45, 7) is 0.216. The summed E-state index contributed by atoms with van der Waals surface area (Å²) in [4.78, 5) is 2.51. The van der Waals surface area contributed by atoms with Crippen molar-refractivity contribution in [1.29, 1.82) is 0 Å². The van der Waals surface area contributed by atoms with Crippen LogP contribution in [-0.4, -0.2) is 29.5 Å². The van der Waals surface area contributed by atoms with E-state index in [2.05, 4.69) is 10.0 Å². The van der Waals surface area contributed by atoms with Crippen molar-refractivity contribution in [2.24, 2.45) is 11.0 Å². The molecule has 0 spiro atoms. The lowest BCUT2D eigenvalue weighted by atomic mass is 10.0. The quantitative estimate of drug-likeness (QED) is 0.456. The number of hydrogen-bond acceptors (Lipinski definition) is 4. The third-order valence-corrected chi connectivity index (χ3v) is 3.16. The molecule has 1 aliphatic carbocycles. The Morgan fingerprint density at radius 2 is 2.20 bits per heavy atom. The van der Waals surface area contributed by atoms with Gasteiger partial charge in [-0.15, -0.1) is 0 Å². The van der Waals surface area contributed by atoms with Crippen molar-refractivity contribution in [3.8, 4) is 5.75 Å². The number of rotatable bonds is 7. The summed E-state index contributed by atoms with van der Waals surface area (Å²) >= 11 is 0. The lowest BCUT2D eigenvalue weighted by Gasteiger charge is -2.19. The van der Waals surface area contributed by atoms with Gasteiger partial charge in [0.1, 0.15) is 17.7 Å². The highest BCUT2D eigenvalue weighted by atomic mass is 19.1. The second-order valence-corrected chi connectivity index (χ2v) is 4.86. The first-order valence-corrected chi connectivity index (χ1v) is 6.41. The number of benzene rings is 1. The fourth-order valence-corrected chi connectivity index (χ4v) is 1.80. The van der Waals surface area contributed by atoms with E-state index in [0.717, 1.165) is 18.9 Å². The monoisotopic (exact) mass is 281 g/mol. The van der Waals surface area contributed by atoms with Crippen molar-refractivity contribution in [3.05, 3.63) is 40.0 Å². The smallest absolute Gasteiger partial charge is 0.125 e. The van der Waals surface area contributed by atoms with E-state index < -0.39 is 18.0 Å². The van der Waals surface area contributed by atoms with Gasteiger partial charge in [0, 0.05) is 10.5 Å². The number of aliphatic hydroxyl groups is 2. The summed E-state index contributed by atoms with van der Waals surface area (Å²) in [5.74, 6) is 0.317. The second-order valence-electron chi connectivity index (χ2n) is 4.86. The molecule has 2 N–H and O–H groups in total. The van der Waals surface area contributed by atoms with E-state index >= 15 is 0 Å². The van der Waals surface area contributed by atoms with Crippen LogP contribution in [-0.2, 0) is 0 Å². The molecule has 0 radical (unpaired) electrons. The SMILES string of the molecule is [N-]=[N+]=NCC(O)C(O)c1cc(F)ccc1OCC1CC1. The molecular formula is C13H16FN3O3. The summed E-state index contributed by atoms with van der Waals surface area (Å²) in [6.07, 6.45) is -0.460. The van der Waals surface area contributed by atoms with Gasteiger partial charge >= 0.3 is 0 Å². The molecule has 1 aromatic carbocycles. The minimum absolute atomic E-state index is 0.159. The highest BCUT2D eigenvalue weighted by Crippen LogP contribution is 2.33. The molecule has 0 amide bonds. The molecule has 6 nitrogen and oxygen atoms in total. The fraction of sp³-hybridized carbons (Fsp3) is 0.538. The average Bonchev–Trinajstić information content (AvgIpc) is 3.26. The van der Waals surface area contributed by atoms with Gasteiger partial charge in [0.25, 0.3) is 0 Å². The van der Waals surface area contributed by atoms with Crippen molar-refractivity contribution in [3.63, 3.8) is 0 Å². The summed E-state index contributed by atoms with van der Waals surface area (Å²) in [7, 11) is 0. The highest BCUT2D eigenvalue weighted by molar-refractivity contribution is 5.36. The molecule has 2 atom stereocenters. The molecule has 0 aromatic heterocycles. The Balaban J connectivity index is 2.13. The number of ether oxygens (including phenoxy) is 1. The van der Waals surface area contributed by atoms with Crippen LogP contribution in [0.25, 0.3) is 10.4 Å². The van der Waals surface area contributed by atoms with Gasteiger partial charge in [-0.25, -0.2) is 4.39 Å². The maximum Gasteiger partial charge on any atom is 0.125 e. The summed E-state index contributed by atoms with van der Waals surface area (Å²) in [5.41, 5.74) is 8.36.